The predicted octanol–water partition coefficient (Wildman–Crippen LogP) is 2.25. The van der Waals surface area contributed by atoms with E-state index in [2.05, 4.69) is 9.82 Å². The maximum Gasteiger partial charge on any atom is 0.446 e. The normalized spacial score (nSPS) is 9.65. The third-order valence-corrected chi connectivity index (χ3v) is 2.44. The van der Waals surface area contributed by atoms with E-state index < -0.39 is 12.1 Å². The lowest BCUT2D eigenvalue weighted by Crippen LogP contribution is -2.30. The zero-order chi connectivity index (χ0) is 14.4. The highest BCUT2D eigenvalue weighted by Gasteiger charge is 2.12. The van der Waals surface area contributed by atoms with Crippen molar-refractivity contribution in [3.8, 4) is 5.75 Å². The van der Waals surface area contributed by atoms with E-state index in [0.717, 1.165) is 5.56 Å². The van der Waals surface area contributed by atoms with Gasteiger partial charge in [-0.1, -0.05) is 18.2 Å². The number of ether oxygens (including phenoxy) is 1. The summed E-state index contributed by atoms with van der Waals surface area (Å²) in [5.74, 6) is -0.414. The Bertz CT molecular complexity index is 614. The minimum Gasteiger partial charge on any atom is -0.407 e. The molecule has 2 rings (SSSR count). The summed E-state index contributed by atoms with van der Waals surface area (Å²) in [7, 11) is 0. The molecule has 1 aromatic heterocycles. The maximum absolute atomic E-state index is 11.7. The molecule has 0 aliphatic heterocycles. The molecule has 0 spiro atoms. The zero-order valence-corrected chi connectivity index (χ0v) is 10.7. The summed E-state index contributed by atoms with van der Waals surface area (Å²) in [6.07, 6.45) is 2.01. The van der Waals surface area contributed by atoms with Crippen molar-refractivity contribution >= 4 is 12.1 Å². The van der Waals surface area contributed by atoms with Crippen molar-refractivity contribution in [1.82, 2.24) is 10.5 Å². The molecule has 0 saturated carbocycles. The quantitative estimate of drug-likeness (QED) is 0.848. The Morgan fingerprint density at radius 2 is 1.95 bits per heavy atom. The molecule has 6 heteroatoms. The number of amides is 1. The number of benzene rings is 1. The summed E-state index contributed by atoms with van der Waals surface area (Å²) in [5, 5.41) is 0. The van der Waals surface area contributed by atoms with Gasteiger partial charge < -0.3 is 9.57 Å². The second-order valence-electron chi connectivity index (χ2n) is 3.88. The van der Waals surface area contributed by atoms with E-state index in [4.69, 9.17) is 4.74 Å². The van der Waals surface area contributed by atoms with Gasteiger partial charge in [-0.2, -0.15) is 0 Å². The first-order valence-corrected chi connectivity index (χ1v) is 5.81. The van der Waals surface area contributed by atoms with Crippen LogP contribution in [0.4, 0.5) is 4.79 Å². The molecule has 1 heterocycles. The third-order valence-electron chi connectivity index (χ3n) is 2.44. The highest BCUT2D eigenvalue weighted by Crippen LogP contribution is 2.08. The average Bonchev–Trinajstić information content (AvgIpc) is 2.46. The monoisotopic (exact) mass is 272 g/mol. The second-order valence-corrected chi connectivity index (χ2v) is 3.88. The van der Waals surface area contributed by atoms with Gasteiger partial charge in [-0.15, -0.1) is 5.48 Å². The van der Waals surface area contributed by atoms with Crippen LogP contribution in [0.15, 0.2) is 48.8 Å². The Morgan fingerprint density at radius 1 is 1.15 bits per heavy atom. The molecule has 0 aliphatic rings. The molecule has 0 bridgehead atoms. The van der Waals surface area contributed by atoms with Gasteiger partial charge in [0, 0.05) is 6.20 Å². The van der Waals surface area contributed by atoms with Crippen molar-refractivity contribution < 1.29 is 19.2 Å². The number of pyridine rings is 1. The number of rotatable bonds is 2. The predicted molar refractivity (Wildman–Crippen MR) is 70.0 cm³/mol. The van der Waals surface area contributed by atoms with Crippen molar-refractivity contribution in [2.45, 2.75) is 6.92 Å². The number of hydroxylamine groups is 1. The third kappa shape index (κ3) is 3.55. The van der Waals surface area contributed by atoms with Gasteiger partial charge in [-0.25, -0.2) is 9.59 Å². The molecule has 20 heavy (non-hydrogen) atoms. The molecule has 0 saturated heterocycles. The summed E-state index contributed by atoms with van der Waals surface area (Å²) in [6.45, 7) is 1.77. The van der Waals surface area contributed by atoms with Gasteiger partial charge in [0.25, 0.3) is 0 Å². The van der Waals surface area contributed by atoms with Crippen LogP contribution in [0.1, 0.15) is 15.9 Å². The maximum atomic E-state index is 11.7. The molecule has 2 aromatic rings. The van der Waals surface area contributed by atoms with Gasteiger partial charge in [-0.05, 0) is 30.7 Å². The number of nitrogens with one attached hydrogen (secondary N) is 1. The molecule has 0 aliphatic carbocycles. The molecular formula is C14H12N2O4. The number of carbonyl (C=O) groups is 2. The van der Waals surface area contributed by atoms with E-state index in [9.17, 15) is 9.59 Å². The largest absolute Gasteiger partial charge is 0.446 e. The Balaban J connectivity index is 1.88. The number of aromatic nitrogens is 1. The standard InChI is InChI=1S/C14H12N2O4/c1-10-5-2-3-7-12(10)13(17)20-16-14(18)19-11-6-4-8-15-9-11/h2-9H,1H3,(H,16,18). The van der Waals surface area contributed by atoms with E-state index in [1.54, 1.807) is 49.5 Å². The van der Waals surface area contributed by atoms with Gasteiger partial charge in [0.15, 0.2) is 5.75 Å². The Labute approximate surface area is 115 Å². The van der Waals surface area contributed by atoms with Crippen LogP contribution in [0.5, 0.6) is 5.75 Å². The average molecular weight is 272 g/mol. The van der Waals surface area contributed by atoms with Crippen molar-refractivity contribution in [2.24, 2.45) is 0 Å². The van der Waals surface area contributed by atoms with Gasteiger partial charge in [0.05, 0.1) is 11.8 Å². The highest BCUT2D eigenvalue weighted by molar-refractivity contribution is 5.91. The van der Waals surface area contributed by atoms with Crippen LogP contribution in [0.3, 0.4) is 0 Å². The minimum atomic E-state index is -0.903. The summed E-state index contributed by atoms with van der Waals surface area (Å²) in [6, 6.07) is 10.0. The van der Waals surface area contributed by atoms with Crippen molar-refractivity contribution in [3.63, 3.8) is 0 Å². The summed E-state index contributed by atoms with van der Waals surface area (Å²) in [4.78, 5) is 31.6. The SMILES string of the molecule is Cc1ccccc1C(=O)ONC(=O)Oc1cccnc1. The van der Waals surface area contributed by atoms with Gasteiger partial charge in [0.2, 0.25) is 0 Å². The van der Waals surface area contributed by atoms with Gasteiger partial charge >= 0.3 is 12.1 Å². The molecule has 0 radical (unpaired) electrons. The van der Waals surface area contributed by atoms with E-state index in [-0.39, 0.29) is 5.75 Å². The van der Waals surface area contributed by atoms with Crippen molar-refractivity contribution in [3.05, 3.63) is 59.9 Å². The molecule has 0 fully saturated rings. The summed E-state index contributed by atoms with van der Waals surface area (Å²) < 4.78 is 4.84. The molecule has 1 amide bonds. The lowest BCUT2D eigenvalue weighted by molar-refractivity contribution is 0.0275. The van der Waals surface area contributed by atoms with Crippen LogP contribution in [0.2, 0.25) is 0 Å². The van der Waals surface area contributed by atoms with Crippen LogP contribution in [-0.2, 0) is 4.84 Å². The number of carbonyl (C=O) groups excluding carboxylic acids is 2. The first-order chi connectivity index (χ1) is 9.66. The number of nitrogens with zero attached hydrogens (tertiary/aromatic N) is 1. The fourth-order valence-corrected chi connectivity index (χ4v) is 1.48. The second kappa shape index (κ2) is 6.33. The lowest BCUT2D eigenvalue weighted by atomic mass is 10.1. The van der Waals surface area contributed by atoms with E-state index >= 15 is 0 Å². The van der Waals surface area contributed by atoms with Crippen molar-refractivity contribution in [1.29, 1.82) is 0 Å². The number of hydrogen-bond acceptors (Lipinski definition) is 5. The molecule has 102 valence electrons. The van der Waals surface area contributed by atoms with Crippen LogP contribution in [-0.4, -0.2) is 17.0 Å². The molecule has 0 atom stereocenters. The molecule has 1 N–H and O–H groups in total. The van der Waals surface area contributed by atoms with Crippen LogP contribution < -0.4 is 10.2 Å². The lowest BCUT2D eigenvalue weighted by Gasteiger charge is -2.07. The highest BCUT2D eigenvalue weighted by atomic mass is 16.7. The van der Waals surface area contributed by atoms with Gasteiger partial charge in [0.1, 0.15) is 0 Å². The van der Waals surface area contributed by atoms with Crippen LogP contribution in [0.25, 0.3) is 0 Å². The fourth-order valence-electron chi connectivity index (χ4n) is 1.48. The number of hydrogen-bond donors (Lipinski definition) is 1. The van der Waals surface area contributed by atoms with E-state index in [1.807, 2.05) is 5.48 Å². The topological polar surface area (TPSA) is 77.5 Å². The fraction of sp³-hybridized carbons (Fsp3) is 0.0714. The minimum absolute atomic E-state index is 0.247. The Kier molecular flexibility index (Phi) is 4.28. The summed E-state index contributed by atoms with van der Waals surface area (Å²) >= 11 is 0. The van der Waals surface area contributed by atoms with E-state index in [1.165, 1.54) is 6.20 Å². The zero-order valence-electron chi connectivity index (χ0n) is 10.7. The van der Waals surface area contributed by atoms with Gasteiger partial charge in [-0.3, -0.25) is 4.98 Å². The smallest absolute Gasteiger partial charge is 0.407 e. The van der Waals surface area contributed by atoms with E-state index in [0.29, 0.717) is 5.56 Å². The number of aryl methyl sites for hydroxylation is 1. The molecule has 1 aromatic carbocycles. The Hall–Kier alpha value is -2.89. The first kappa shape index (κ1) is 13.5. The Morgan fingerprint density at radius 3 is 2.65 bits per heavy atom. The molecule has 0 unspecified atom stereocenters. The van der Waals surface area contributed by atoms with Crippen LogP contribution >= 0.6 is 0 Å². The van der Waals surface area contributed by atoms with Crippen molar-refractivity contribution in [2.75, 3.05) is 0 Å². The first-order valence-electron chi connectivity index (χ1n) is 5.81. The summed E-state index contributed by atoms with van der Waals surface area (Å²) in [5.41, 5.74) is 3.04. The molecule has 6 nitrogen and oxygen atoms in total. The molecular weight excluding hydrogens is 260 g/mol. The van der Waals surface area contributed by atoms with Crippen LogP contribution in [0, 0.1) is 6.92 Å².